The fourth-order valence-electron chi connectivity index (χ4n) is 2.82. The van der Waals surface area contributed by atoms with Crippen LogP contribution in [0.4, 0.5) is 0 Å². The molecule has 8 heteroatoms. The van der Waals surface area contributed by atoms with Crippen LogP contribution < -0.4 is 14.2 Å². The molecule has 2 aromatic carbocycles. The van der Waals surface area contributed by atoms with Crippen LogP contribution in [0.1, 0.15) is 19.4 Å². The van der Waals surface area contributed by atoms with Crippen LogP contribution in [0.5, 0.6) is 11.5 Å². The molecule has 1 atom stereocenters. The van der Waals surface area contributed by atoms with E-state index in [1.165, 1.54) is 24.1 Å². The normalized spacial score (nSPS) is 12.5. The first-order chi connectivity index (χ1) is 13.7. The molecule has 2 rings (SSSR count). The van der Waals surface area contributed by atoms with Gasteiger partial charge >= 0.3 is 0 Å². The van der Waals surface area contributed by atoms with Gasteiger partial charge in [0.05, 0.1) is 19.1 Å². The summed E-state index contributed by atoms with van der Waals surface area (Å²) in [5.74, 6) is 0.714. The van der Waals surface area contributed by atoms with E-state index >= 15 is 0 Å². The molecule has 0 aromatic heterocycles. The van der Waals surface area contributed by atoms with Crippen molar-refractivity contribution in [2.75, 3.05) is 21.3 Å². The molecule has 158 valence electrons. The SMILES string of the molecule is COc1ccc(S(=O)(=O)N[C@H](C(=O)N(C)Cc2cccc(OC)c2)C(C)C)cc1. The number of methoxy groups -OCH3 is 2. The molecular weight excluding hydrogens is 392 g/mol. The third-order valence-electron chi connectivity index (χ3n) is 4.51. The molecule has 0 saturated carbocycles. The van der Waals surface area contributed by atoms with Crippen LogP contribution in [0, 0.1) is 5.92 Å². The third-order valence-corrected chi connectivity index (χ3v) is 5.97. The third kappa shape index (κ3) is 5.95. The lowest BCUT2D eigenvalue weighted by molar-refractivity contribution is -0.133. The number of hydrogen-bond acceptors (Lipinski definition) is 5. The summed E-state index contributed by atoms with van der Waals surface area (Å²) in [6, 6.07) is 12.5. The molecule has 0 saturated heterocycles. The molecule has 0 spiro atoms. The van der Waals surface area contributed by atoms with E-state index in [2.05, 4.69) is 4.72 Å². The molecule has 0 fully saturated rings. The predicted molar refractivity (Wildman–Crippen MR) is 111 cm³/mol. The molecule has 0 unspecified atom stereocenters. The fraction of sp³-hybridized carbons (Fsp3) is 0.381. The lowest BCUT2D eigenvalue weighted by atomic mass is 10.0. The number of carbonyl (C=O) groups excluding carboxylic acids is 1. The van der Waals surface area contributed by atoms with Gasteiger partial charge in [0, 0.05) is 13.6 Å². The van der Waals surface area contributed by atoms with Crippen molar-refractivity contribution in [3.8, 4) is 11.5 Å². The van der Waals surface area contributed by atoms with Crippen LogP contribution in [-0.4, -0.2) is 46.5 Å². The summed E-state index contributed by atoms with van der Waals surface area (Å²) in [6.07, 6.45) is 0. The number of hydrogen-bond donors (Lipinski definition) is 1. The fourth-order valence-corrected chi connectivity index (χ4v) is 4.16. The van der Waals surface area contributed by atoms with E-state index in [9.17, 15) is 13.2 Å². The van der Waals surface area contributed by atoms with Gasteiger partial charge < -0.3 is 14.4 Å². The van der Waals surface area contributed by atoms with Crippen molar-refractivity contribution in [1.29, 1.82) is 0 Å². The molecule has 0 heterocycles. The lowest BCUT2D eigenvalue weighted by Gasteiger charge is -2.27. The zero-order valence-electron chi connectivity index (χ0n) is 17.4. The van der Waals surface area contributed by atoms with E-state index in [0.717, 1.165) is 5.56 Å². The molecule has 0 bridgehead atoms. The number of nitrogens with one attached hydrogen (secondary N) is 1. The average Bonchev–Trinajstić information content (AvgIpc) is 2.71. The van der Waals surface area contributed by atoms with Crippen molar-refractivity contribution < 1.29 is 22.7 Å². The van der Waals surface area contributed by atoms with Crippen molar-refractivity contribution in [2.24, 2.45) is 5.92 Å². The highest BCUT2D eigenvalue weighted by Crippen LogP contribution is 2.18. The van der Waals surface area contributed by atoms with Gasteiger partial charge in [-0.3, -0.25) is 4.79 Å². The van der Waals surface area contributed by atoms with Crippen molar-refractivity contribution in [3.05, 3.63) is 54.1 Å². The van der Waals surface area contributed by atoms with Gasteiger partial charge in [0.2, 0.25) is 15.9 Å². The van der Waals surface area contributed by atoms with Crippen LogP contribution in [0.3, 0.4) is 0 Å². The Bertz CT molecular complexity index is 926. The monoisotopic (exact) mass is 420 g/mol. The van der Waals surface area contributed by atoms with Crippen molar-refractivity contribution >= 4 is 15.9 Å². The maximum absolute atomic E-state index is 13.0. The van der Waals surface area contributed by atoms with Gasteiger partial charge in [0.25, 0.3) is 0 Å². The molecule has 0 aliphatic carbocycles. The number of amides is 1. The Morgan fingerprint density at radius 1 is 1.03 bits per heavy atom. The molecule has 29 heavy (non-hydrogen) atoms. The van der Waals surface area contributed by atoms with E-state index in [4.69, 9.17) is 9.47 Å². The van der Waals surface area contributed by atoms with Crippen molar-refractivity contribution in [3.63, 3.8) is 0 Å². The van der Waals surface area contributed by atoms with E-state index in [1.54, 1.807) is 40.1 Å². The van der Waals surface area contributed by atoms with Crippen LogP contribution in [-0.2, 0) is 21.4 Å². The second-order valence-electron chi connectivity index (χ2n) is 7.06. The smallest absolute Gasteiger partial charge is 0.241 e. The largest absolute Gasteiger partial charge is 0.497 e. The maximum atomic E-state index is 13.0. The Morgan fingerprint density at radius 3 is 2.21 bits per heavy atom. The Labute approximate surface area is 172 Å². The number of likely N-dealkylation sites (N-methyl/N-ethyl adjacent to an activating group) is 1. The number of carbonyl (C=O) groups is 1. The van der Waals surface area contributed by atoms with Gasteiger partial charge in [-0.2, -0.15) is 4.72 Å². The van der Waals surface area contributed by atoms with Gasteiger partial charge in [-0.05, 0) is 47.9 Å². The minimum atomic E-state index is -3.86. The number of sulfonamides is 1. The minimum absolute atomic E-state index is 0.0761. The van der Waals surface area contributed by atoms with Crippen LogP contribution in [0.15, 0.2) is 53.4 Å². The Kier molecular flexibility index (Phi) is 7.64. The summed E-state index contributed by atoms with van der Waals surface area (Å²) in [5, 5.41) is 0. The van der Waals surface area contributed by atoms with Crippen LogP contribution in [0.2, 0.25) is 0 Å². The quantitative estimate of drug-likeness (QED) is 0.674. The molecule has 2 aromatic rings. The second-order valence-corrected chi connectivity index (χ2v) is 8.78. The molecule has 7 nitrogen and oxygen atoms in total. The van der Waals surface area contributed by atoms with Gasteiger partial charge in [0.15, 0.2) is 0 Å². The number of ether oxygens (including phenoxy) is 2. The van der Waals surface area contributed by atoms with E-state index < -0.39 is 16.1 Å². The highest BCUT2D eigenvalue weighted by molar-refractivity contribution is 7.89. The molecule has 1 amide bonds. The van der Waals surface area contributed by atoms with E-state index in [0.29, 0.717) is 18.0 Å². The first-order valence-corrected chi connectivity index (χ1v) is 10.7. The number of nitrogens with zero attached hydrogens (tertiary/aromatic N) is 1. The highest BCUT2D eigenvalue weighted by Gasteiger charge is 2.30. The lowest BCUT2D eigenvalue weighted by Crippen LogP contribution is -2.49. The van der Waals surface area contributed by atoms with Gasteiger partial charge in [-0.25, -0.2) is 8.42 Å². The standard InChI is InChI=1S/C21H28N2O5S/c1-15(2)20(22-29(25,26)19-11-9-17(27-4)10-12-19)21(24)23(3)14-16-7-6-8-18(13-16)28-5/h6-13,15,20,22H,14H2,1-5H3/t20-/m0/s1. The molecule has 1 N–H and O–H groups in total. The van der Waals surface area contributed by atoms with Gasteiger partial charge in [0.1, 0.15) is 17.5 Å². The maximum Gasteiger partial charge on any atom is 0.241 e. The summed E-state index contributed by atoms with van der Waals surface area (Å²) < 4.78 is 38.4. The van der Waals surface area contributed by atoms with Crippen molar-refractivity contribution in [2.45, 2.75) is 31.3 Å². The topological polar surface area (TPSA) is 84.9 Å². The number of benzene rings is 2. The van der Waals surface area contributed by atoms with E-state index in [-0.39, 0.29) is 16.7 Å². The second kappa shape index (κ2) is 9.76. The van der Waals surface area contributed by atoms with Crippen LogP contribution >= 0.6 is 0 Å². The molecule has 0 aliphatic heterocycles. The van der Waals surface area contributed by atoms with Crippen molar-refractivity contribution in [1.82, 2.24) is 9.62 Å². The molecule has 0 radical (unpaired) electrons. The highest BCUT2D eigenvalue weighted by atomic mass is 32.2. The molecule has 0 aliphatic rings. The van der Waals surface area contributed by atoms with Gasteiger partial charge in [-0.1, -0.05) is 26.0 Å². The summed E-state index contributed by atoms with van der Waals surface area (Å²) in [7, 11) is 0.874. The van der Waals surface area contributed by atoms with Crippen LogP contribution in [0.25, 0.3) is 0 Å². The number of rotatable bonds is 9. The summed E-state index contributed by atoms with van der Waals surface area (Å²) >= 11 is 0. The Balaban J connectivity index is 2.17. The zero-order valence-corrected chi connectivity index (χ0v) is 18.2. The van der Waals surface area contributed by atoms with Gasteiger partial charge in [-0.15, -0.1) is 0 Å². The first-order valence-electron chi connectivity index (χ1n) is 9.22. The summed E-state index contributed by atoms with van der Waals surface area (Å²) in [6.45, 7) is 3.94. The molecular formula is C21H28N2O5S. The minimum Gasteiger partial charge on any atom is -0.497 e. The average molecular weight is 421 g/mol. The Morgan fingerprint density at radius 2 is 1.66 bits per heavy atom. The summed E-state index contributed by atoms with van der Waals surface area (Å²) in [5.41, 5.74) is 0.890. The zero-order chi connectivity index (χ0) is 21.6. The summed E-state index contributed by atoms with van der Waals surface area (Å²) in [4.78, 5) is 14.6. The first kappa shape index (κ1) is 22.7. The van der Waals surface area contributed by atoms with E-state index in [1.807, 2.05) is 24.3 Å². The predicted octanol–water partition coefficient (Wildman–Crippen LogP) is 2.67. The Hall–Kier alpha value is -2.58.